The molecule has 0 aromatic heterocycles. The van der Waals surface area contributed by atoms with E-state index in [0.717, 1.165) is 12.2 Å². The summed E-state index contributed by atoms with van der Waals surface area (Å²) in [6, 6.07) is 12.8. The lowest BCUT2D eigenvalue weighted by atomic mass is 10.0. The van der Waals surface area contributed by atoms with Gasteiger partial charge in [-0.25, -0.2) is 0 Å². The van der Waals surface area contributed by atoms with Crippen LogP contribution in [0.25, 0.3) is 0 Å². The number of rotatable bonds is 4. The molecule has 0 saturated carbocycles. The van der Waals surface area contributed by atoms with Gasteiger partial charge in [-0.3, -0.25) is 14.9 Å². The van der Waals surface area contributed by atoms with Crippen molar-refractivity contribution in [2.75, 3.05) is 16.8 Å². The molecule has 0 radical (unpaired) electrons. The number of nitrogens with one attached hydrogen (secondary N) is 1. The lowest BCUT2D eigenvalue weighted by Crippen LogP contribution is -2.37. The van der Waals surface area contributed by atoms with Crippen LogP contribution < -0.4 is 10.2 Å². The number of carbonyl (C=O) groups excluding carboxylic acids is 1. The van der Waals surface area contributed by atoms with Crippen LogP contribution in [-0.4, -0.2) is 23.4 Å². The van der Waals surface area contributed by atoms with Crippen LogP contribution in [0.4, 0.5) is 17.1 Å². The molecule has 0 bridgehead atoms. The Morgan fingerprint density at radius 2 is 1.92 bits per heavy atom. The Morgan fingerprint density at radius 1 is 1.19 bits per heavy atom. The highest BCUT2D eigenvalue weighted by molar-refractivity contribution is 6.04. The van der Waals surface area contributed by atoms with Crippen LogP contribution >= 0.6 is 0 Å². The van der Waals surface area contributed by atoms with E-state index in [1.165, 1.54) is 25.3 Å². The van der Waals surface area contributed by atoms with Crippen molar-refractivity contribution in [1.29, 1.82) is 0 Å². The van der Waals surface area contributed by atoms with Gasteiger partial charge in [-0.05, 0) is 63.4 Å². The highest BCUT2D eigenvalue weighted by Gasteiger charge is 2.19. The lowest BCUT2D eigenvalue weighted by Gasteiger charge is -2.35. The number of carbonyl (C=O) groups is 1. The van der Waals surface area contributed by atoms with Gasteiger partial charge in [-0.15, -0.1) is 0 Å². The van der Waals surface area contributed by atoms with Crippen LogP contribution in [0.2, 0.25) is 0 Å². The number of benzene rings is 2. The van der Waals surface area contributed by atoms with Gasteiger partial charge in [0.25, 0.3) is 11.6 Å². The number of piperidine rings is 1. The Kier molecular flexibility index (Phi) is 5.21. The van der Waals surface area contributed by atoms with E-state index in [4.69, 9.17) is 0 Å². The fraction of sp³-hybridized carbons (Fsp3) is 0.350. The van der Waals surface area contributed by atoms with Gasteiger partial charge < -0.3 is 10.2 Å². The maximum atomic E-state index is 12.4. The number of hydrogen-bond donors (Lipinski definition) is 1. The minimum absolute atomic E-state index is 0.0490. The molecule has 1 aliphatic heterocycles. The first kappa shape index (κ1) is 17.9. The van der Waals surface area contributed by atoms with Crippen molar-refractivity contribution < 1.29 is 9.72 Å². The Labute approximate surface area is 153 Å². The summed E-state index contributed by atoms with van der Waals surface area (Å²) in [5.41, 5.74) is 2.59. The number of anilines is 2. The van der Waals surface area contributed by atoms with Gasteiger partial charge in [0, 0.05) is 41.2 Å². The molecule has 26 heavy (non-hydrogen) atoms. The van der Waals surface area contributed by atoms with Crippen molar-refractivity contribution in [1.82, 2.24) is 0 Å². The number of aryl methyl sites for hydroxylation is 1. The third-order valence-electron chi connectivity index (χ3n) is 4.93. The Morgan fingerprint density at radius 3 is 2.58 bits per heavy atom. The summed E-state index contributed by atoms with van der Waals surface area (Å²) in [6.45, 7) is 4.94. The van der Waals surface area contributed by atoms with Gasteiger partial charge >= 0.3 is 0 Å². The van der Waals surface area contributed by atoms with Gasteiger partial charge in [-0.2, -0.15) is 0 Å². The van der Waals surface area contributed by atoms with Crippen molar-refractivity contribution in [3.63, 3.8) is 0 Å². The van der Waals surface area contributed by atoms with E-state index >= 15 is 0 Å². The highest BCUT2D eigenvalue weighted by Crippen LogP contribution is 2.26. The van der Waals surface area contributed by atoms with E-state index in [0.29, 0.717) is 17.3 Å². The smallest absolute Gasteiger partial charge is 0.273 e. The number of nitro groups is 1. The van der Waals surface area contributed by atoms with Crippen LogP contribution in [0.5, 0.6) is 0 Å². The molecule has 0 aliphatic carbocycles. The first-order chi connectivity index (χ1) is 12.5. The van der Waals surface area contributed by atoms with E-state index in [-0.39, 0.29) is 17.2 Å². The monoisotopic (exact) mass is 353 g/mol. The maximum absolute atomic E-state index is 12.4. The van der Waals surface area contributed by atoms with E-state index in [2.05, 4.69) is 17.1 Å². The molecular weight excluding hydrogens is 330 g/mol. The Balaban J connectivity index is 1.72. The molecule has 6 nitrogen and oxygen atoms in total. The third kappa shape index (κ3) is 3.85. The molecule has 2 aromatic carbocycles. The van der Waals surface area contributed by atoms with Crippen molar-refractivity contribution in [2.45, 2.75) is 39.2 Å². The fourth-order valence-electron chi connectivity index (χ4n) is 3.37. The zero-order chi connectivity index (χ0) is 18.7. The number of hydrogen-bond acceptors (Lipinski definition) is 4. The van der Waals surface area contributed by atoms with Gasteiger partial charge in [0.05, 0.1) is 4.92 Å². The van der Waals surface area contributed by atoms with Crippen molar-refractivity contribution in [3.8, 4) is 0 Å². The van der Waals surface area contributed by atoms with E-state index in [1.807, 2.05) is 24.3 Å². The normalized spacial score (nSPS) is 17.0. The molecule has 0 spiro atoms. The summed E-state index contributed by atoms with van der Waals surface area (Å²) in [4.78, 5) is 25.3. The molecule has 6 heteroatoms. The molecule has 1 N–H and O–H groups in total. The zero-order valence-corrected chi connectivity index (χ0v) is 15.1. The van der Waals surface area contributed by atoms with Crippen LogP contribution in [0.3, 0.4) is 0 Å². The summed E-state index contributed by atoms with van der Waals surface area (Å²) in [5, 5.41) is 13.8. The standard InChI is InChI=1S/C20H23N3O3/c1-14-6-7-16(13-19(14)23(25)26)20(24)21-17-8-10-18(11-9-17)22-12-4-3-5-15(22)2/h6-11,13,15H,3-5,12H2,1-2H3,(H,21,24)/t15-/m0/s1. The molecule has 1 heterocycles. The topological polar surface area (TPSA) is 75.5 Å². The first-order valence-electron chi connectivity index (χ1n) is 8.89. The summed E-state index contributed by atoms with van der Waals surface area (Å²) < 4.78 is 0. The van der Waals surface area contributed by atoms with Crippen molar-refractivity contribution in [3.05, 3.63) is 63.7 Å². The second kappa shape index (κ2) is 7.56. The van der Waals surface area contributed by atoms with Gasteiger partial charge in [-0.1, -0.05) is 6.07 Å². The molecule has 136 valence electrons. The predicted molar refractivity (Wildman–Crippen MR) is 103 cm³/mol. The third-order valence-corrected chi connectivity index (χ3v) is 4.93. The second-order valence-electron chi connectivity index (χ2n) is 6.80. The Hall–Kier alpha value is -2.89. The molecule has 2 aromatic rings. The van der Waals surface area contributed by atoms with Crippen LogP contribution in [-0.2, 0) is 0 Å². The summed E-state index contributed by atoms with van der Waals surface area (Å²) in [6.07, 6.45) is 3.67. The first-order valence-corrected chi connectivity index (χ1v) is 8.89. The molecule has 1 aliphatic rings. The van der Waals surface area contributed by atoms with Crippen LogP contribution in [0.1, 0.15) is 42.1 Å². The minimum atomic E-state index is -0.472. The number of amides is 1. The van der Waals surface area contributed by atoms with Crippen LogP contribution in [0.15, 0.2) is 42.5 Å². The van der Waals surface area contributed by atoms with Gasteiger partial charge in [0.15, 0.2) is 0 Å². The van der Waals surface area contributed by atoms with Crippen LogP contribution in [0, 0.1) is 17.0 Å². The minimum Gasteiger partial charge on any atom is -0.369 e. The Bertz CT molecular complexity index is 818. The van der Waals surface area contributed by atoms with Crippen molar-refractivity contribution in [2.24, 2.45) is 0 Å². The predicted octanol–water partition coefficient (Wildman–Crippen LogP) is 4.53. The maximum Gasteiger partial charge on any atom is 0.273 e. The van der Waals surface area contributed by atoms with Gasteiger partial charge in [0.2, 0.25) is 0 Å². The van der Waals surface area contributed by atoms with E-state index in [1.54, 1.807) is 19.1 Å². The van der Waals surface area contributed by atoms with Gasteiger partial charge in [0.1, 0.15) is 0 Å². The molecule has 1 fully saturated rings. The summed E-state index contributed by atoms with van der Waals surface area (Å²) >= 11 is 0. The number of nitrogens with zero attached hydrogens (tertiary/aromatic N) is 2. The summed E-state index contributed by atoms with van der Waals surface area (Å²) in [7, 11) is 0. The summed E-state index contributed by atoms with van der Waals surface area (Å²) in [5.74, 6) is -0.354. The molecule has 0 unspecified atom stereocenters. The molecule has 1 saturated heterocycles. The zero-order valence-electron chi connectivity index (χ0n) is 15.1. The molecule has 1 atom stereocenters. The number of nitro benzene ring substituents is 1. The molecule has 1 amide bonds. The lowest BCUT2D eigenvalue weighted by molar-refractivity contribution is -0.385. The quantitative estimate of drug-likeness (QED) is 0.647. The van der Waals surface area contributed by atoms with E-state index in [9.17, 15) is 14.9 Å². The SMILES string of the molecule is Cc1ccc(C(=O)Nc2ccc(N3CCCC[C@@H]3C)cc2)cc1[N+](=O)[O-]. The largest absolute Gasteiger partial charge is 0.369 e. The van der Waals surface area contributed by atoms with E-state index < -0.39 is 4.92 Å². The molecular formula is C20H23N3O3. The average molecular weight is 353 g/mol. The van der Waals surface area contributed by atoms with Crippen molar-refractivity contribution >= 4 is 23.0 Å². The fourth-order valence-corrected chi connectivity index (χ4v) is 3.37. The highest BCUT2D eigenvalue weighted by atomic mass is 16.6. The average Bonchev–Trinajstić information content (AvgIpc) is 2.63. The second-order valence-corrected chi connectivity index (χ2v) is 6.80. The molecule has 3 rings (SSSR count).